The van der Waals surface area contributed by atoms with Crippen molar-refractivity contribution in [3.05, 3.63) is 46.6 Å². The fourth-order valence-electron chi connectivity index (χ4n) is 1.23. The van der Waals surface area contributed by atoms with Gasteiger partial charge in [-0.2, -0.15) is 0 Å². The molecular formula is C11H9BrFN3. The molecule has 0 aliphatic carbocycles. The minimum Gasteiger partial charge on any atom is -0.336 e. The van der Waals surface area contributed by atoms with Gasteiger partial charge in [-0.05, 0) is 40.5 Å². The van der Waals surface area contributed by atoms with E-state index in [0.717, 1.165) is 11.3 Å². The summed E-state index contributed by atoms with van der Waals surface area (Å²) in [6.07, 6.45) is 4.86. The molecule has 0 bridgehead atoms. The van der Waals surface area contributed by atoms with Crippen LogP contribution in [0, 0.1) is 12.7 Å². The Bertz CT molecular complexity index is 516. The number of pyridine rings is 2. The van der Waals surface area contributed by atoms with Crippen LogP contribution in [0.15, 0.2) is 35.2 Å². The third-order valence-electron chi connectivity index (χ3n) is 2.10. The summed E-state index contributed by atoms with van der Waals surface area (Å²) in [6.45, 7) is 1.92. The molecule has 5 heteroatoms. The normalized spacial score (nSPS) is 10.2. The molecule has 0 aliphatic heterocycles. The van der Waals surface area contributed by atoms with Gasteiger partial charge in [-0.15, -0.1) is 0 Å². The first kappa shape index (κ1) is 11.0. The third-order valence-corrected chi connectivity index (χ3v) is 2.53. The van der Waals surface area contributed by atoms with E-state index in [-0.39, 0.29) is 5.82 Å². The Morgan fingerprint density at radius 2 is 2.19 bits per heavy atom. The minimum absolute atomic E-state index is 0.194. The maximum Gasteiger partial charge on any atom is 0.166 e. The van der Waals surface area contributed by atoms with Crippen LogP contribution >= 0.6 is 15.9 Å². The molecule has 0 spiro atoms. The number of anilines is 2. The van der Waals surface area contributed by atoms with E-state index in [1.54, 1.807) is 12.4 Å². The molecule has 82 valence electrons. The van der Waals surface area contributed by atoms with Crippen LogP contribution in [0.25, 0.3) is 0 Å². The van der Waals surface area contributed by atoms with Crippen LogP contribution in [0.5, 0.6) is 0 Å². The first-order valence-corrected chi connectivity index (χ1v) is 5.45. The maximum absolute atomic E-state index is 13.5. The maximum atomic E-state index is 13.5. The summed E-state index contributed by atoms with van der Waals surface area (Å²) in [5, 5.41) is 2.90. The highest BCUT2D eigenvalue weighted by Crippen LogP contribution is 2.21. The standard InChI is InChI=1S/C11H9BrFN3/c1-7-2-3-14-6-10(7)16-11-9(13)4-8(12)5-15-11/h2-6H,1H3,(H,15,16). The highest BCUT2D eigenvalue weighted by Gasteiger charge is 2.06. The van der Waals surface area contributed by atoms with E-state index < -0.39 is 5.82 Å². The number of aryl methyl sites for hydroxylation is 1. The van der Waals surface area contributed by atoms with Gasteiger partial charge in [0.25, 0.3) is 0 Å². The van der Waals surface area contributed by atoms with E-state index in [4.69, 9.17) is 0 Å². The fourth-order valence-corrected chi connectivity index (χ4v) is 1.53. The summed E-state index contributed by atoms with van der Waals surface area (Å²) in [5.41, 5.74) is 1.73. The summed E-state index contributed by atoms with van der Waals surface area (Å²) in [7, 11) is 0. The van der Waals surface area contributed by atoms with Crippen LogP contribution in [0.1, 0.15) is 5.56 Å². The van der Waals surface area contributed by atoms with Gasteiger partial charge in [-0.3, -0.25) is 4.98 Å². The van der Waals surface area contributed by atoms with Gasteiger partial charge in [0.1, 0.15) is 0 Å². The van der Waals surface area contributed by atoms with Crippen molar-refractivity contribution in [3.8, 4) is 0 Å². The van der Waals surface area contributed by atoms with E-state index in [1.807, 2.05) is 13.0 Å². The van der Waals surface area contributed by atoms with Crippen LogP contribution < -0.4 is 5.32 Å². The number of hydrogen-bond donors (Lipinski definition) is 1. The minimum atomic E-state index is -0.405. The summed E-state index contributed by atoms with van der Waals surface area (Å²) in [4.78, 5) is 7.92. The van der Waals surface area contributed by atoms with Gasteiger partial charge < -0.3 is 5.32 Å². The third kappa shape index (κ3) is 2.36. The van der Waals surface area contributed by atoms with Crippen LogP contribution in [0.4, 0.5) is 15.9 Å². The second kappa shape index (κ2) is 4.57. The number of aromatic nitrogens is 2. The summed E-state index contributed by atoms with van der Waals surface area (Å²) in [5.74, 6) is -0.211. The average molecular weight is 282 g/mol. The molecule has 2 aromatic rings. The van der Waals surface area contributed by atoms with Crippen LogP contribution in [-0.4, -0.2) is 9.97 Å². The quantitative estimate of drug-likeness (QED) is 0.917. The van der Waals surface area contributed by atoms with E-state index in [2.05, 4.69) is 31.2 Å². The van der Waals surface area contributed by atoms with E-state index in [0.29, 0.717) is 4.47 Å². The lowest BCUT2D eigenvalue weighted by atomic mass is 10.2. The van der Waals surface area contributed by atoms with E-state index in [1.165, 1.54) is 12.3 Å². The largest absolute Gasteiger partial charge is 0.336 e. The van der Waals surface area contributed by atoms with E-state index >= 15 is 0 Å². The molecule has 0 amide bonds. The predicted molar refractivity (Wildman–Crippen MR) is 64.2 cm³/mol. The van der Waals surface area contributed by atoms with Gasteiger partial charge in [-0.25, -0.2) is 9.37 Å². The highest BCUT2D eigenvalue weighted by molar-refractivity contribution is 9.10. The lowest BCUT2D eigenvalue weighted by Gasteiger charge is -2.08. The van der Waals surface area contributed by atoms with Crippen molar-refractivity contribution in [2.45, 2.75) is 6.92 Å². The SMILES string of the molecule is Cc1ccncc1Nc1ncc(Br)cc1F. The molecule has 2 heterocycles. The number of nitrogens with one attached hydrogen (secondary N) is 1. The summed E-state index contributed by atoms with van der Waals surface area (Å²) >= 11 is 3.15. The van der Waals surface area contributed by atoms with Gasteiger partial charge in [0.05, 0.1) is 11.9 Å². The number of hydrogen-bond acceptors (Lipinski definition) is 3. The van der Waals surface area contributed by atoms with Gasteiger partial charge >= 0.3 is 0 Å². The Morgan fingerprint density at radius 3 is 2.88 bits per heavy atom. The van der Waals surface area contributed by atoms with Crippen LogP contribution in [-0.2, 0) is 0 Å². The van der Waals surface area contributed by atoms with Crippen molar-refractivity contribution in [2.24, 2.45) is 0 Å². The lowest BCUT2D eigenvalue weighted by Crippen LogP contribution is -1.99. The van der Waals surface area contributed by atoms with Gasteiger partial charge in [-0.1, -0.05) is 0 Å². The van der Waals surface area contributed by atoms with Crippen molar-refractivity contribution in [3.63, 3.8) is 0 Å². The molecule has 2 rings (SSSR count). The number of rotatable bonds is 2. The molecule has 0 radical (unpaired) electrons. The van der Waals surface area contributed by atoms with Gasteiger partial charge in [0.15, 0.2) is 11.6 Å². The Morgan fingerprint density at radius 1 is 1.38 bits per heavy atom. The molecule has 0 aromatic carbocycles. The molecular weight excluding hydrogens is 273 g/mol. The average Bonchev–Trinajstić information content (AvgIpc) is 2.25. The number of halogens is 2. The Balaban J connectivity index is 2.31. The zero-order valence-corrected chi connectivity index (χ0v) is 10.1. The zero-order chi connectivity index (χ0) is 11.5. The summed E-state index contributed by atoms with van der Waals surface area (Å²) in [6, 6.07) is 3.21. The topological polar surface area (TPSA) is 37.8 Å². The molecule has 0 fully saturated rings. The molecule has 0 aliphatic rings. The highest BCUT2D eigenvalue weighted by atomic mass is 79.9. The van der Waals surface area contributed by atoms with Crippen molar-refractivity contribution >= 4 is 27.4 Å². The second-order valence-corrected chi connectivity index (χ2v) is 4.22. The first-order valence-electron chi connectivity index (χ1n) is 4.65. The molecule has 16 heavy (non-hydrogen) atoms. The number of nitrogens with zero attached hydrogens (tertiary/aromatic N) is 2. The Labute approximate surface area is 101 Å². The predicted octanol–water partition coefficient (Wildman–Crippen LogP) is 3.43. The molecule has 2 aromatic heterocycles. The zero-order valence-electron chi connectivity index (χ0n) is 8.54. The van der Waals surface area contributed by atoms with Crippen LogP contribution in [0.3, 0.4) is 0 Å². The molecule has 3 nitrogen and oxygen atoms in total. The monoisotopic (exact) mass is 281 g/mol. The Kier molecular flexibility index (Phi) is 3.14. The van der Waals surface area contributed by atoms with Gasteiger partial charge in [0, 0.05) is 16.9 Å². The van der Waals surface area contributed by atoms with Crippen molar-refractivity contribution in [1.82, 2.24) is 9.97 Å². The first-order chi connectivity index (χ1) is 7.66. The molecule has 0 unspecified atom stereocenters. The molecule has 0 saturated carbocycles. The summed E-state index contributed by atoms with van der Waals surface area (Å²) < 4.78 is 14.1. The van der Waals surface area contributed by atoms with Crippen molar-refractivity contribution < 1.29 is 4.39 Å². The van der Waals surface area contributed by atoms with Gasteiger partial charge in [0.2, 0.25) is 0 Å². The molecule has 0 saturated heterocycles. The second-order valence-electron chi connectivity index (χ2n) is 3.30. The molecule has 1 N–H and O–H groups in total. The lowest BCUT2D eigenvalue weighted by molar-refractivity contribution is 0.625. The van der Waals surface area contributed by atoms with E-state index in [9.17, 15) is 4.39 Å². The molecule has 0 atom stereocenters. The van der Waals surface area contributed by atoms with Crippen LogP contribution in [0.2, 0.25) is 0 Å². The van der Waals surface area contributed by atoms with Crippen molar-refractivity contribution in [2.75, 3.05) is 5.32 Å². The Hall–Kier alpha value is -1.49. The fraction of sp³-hybridized carbons (Fsp3) is 0.0909. The van der Waals surface area contributed by atoms with Crippen molar-refractivity contribution in [1.29, 1.82) is 0 Å². The smallest absolute Gasteiger partial charge is 0.166 e.